The van der Waals surface area contributed by atoms with Gasteiger partial charge in [0.25, 0.3) is 5.91 Å². The minimum Gasteiger partial charge on any atom is -0.378 e. The lowest BCUT2D eigenvalue weighted by molar-refractivity contribution is -0.137. The zero-order chi connectivity index (χ0) is 23.0. The molecule has 0 aromatic heterocycles. The third-order valence-corrected chi connectivity index (χ3v) is 5.91. The average Bonchev–Trinajstić information content (AvgIpc) is 2.75. The molecule has 0 radical (unpaired) electrons. The summed E-state index contributed by atoms with van der Waals surface area (Å²) in [6, 6.07) is 18.4. The fraction of sp³-hybridized carbons (Fsp3) is 0.269. The Balaban J connectivity index is 1.67. The van der Waals surface area contributed by atoms with Crippen LogP contribution < -0.4 is 10.2 Å². The van der Waals surface area contributed by atoms with Crippen LogP contribution >= 0.6 is 0 Å². The number of alkyl halides is 3. The Bertz CT molecular complexity index is 1120. The van der Waals surface area contributed by atoms with Gasteiger partial charge < -0.3 is 10.2 Å². The van der Waals surface area contributed by atoms with Gasteiger partial charge in [-0.05, 0) is 75.2 Å². The van der Waals surface area contributed by atoms with E-state index in [1.54, 1.807) is 4.90 Å². The van der Waals surface area contributed by atoms with Gasteiger partial charge in [-0.15, -0.1) is 0 Å². The molecule has 3 aromatic rings. The standard InChI is InChI=1S/C26H25F3N2O/c1-16-4-11-21(12-5-16)30-23-15-18(3)31(24-13-6-17(2)14-22(23)24)25(32)19-7-9-20(10-8-19)26(27,28)29/h4-14,18,23,30H,15H2,1-3H3/t18-,23+/m1/s1. The first-order chi connectivity index (χ1) is 15.1. The Morgan fingerprint density at radius 2 is 1.56 bits per heavy atom. The molecule has 1 aliphatic rings. The van der Waals surface area contributed by atoms with Crippen LogP contribution in [0.4, 0.5) is 24.5 Å². The number of amides is 1. The molecule has 0 bridgehead atoms. The molecule has 1 amide bonds. The maximum absolute atomic E-state index is 13.3. The molecule has 0 saturated carbocycles. The van der Waals surface area contributed by atoms with Crippen LogP contribution in [0.2, 0.25) is 0 Å². The number of rotatable bonds is 3. The van der Waals surface area contributed by atoms with Crippen molar-refractivity contribution in [2.24, 2.45) is 0 Å². The van der Waals surface area contributed by atoms with Crippen LogP contribution in [-0.4, -0.2) is 11.9 Å². The van der Waals surface area contributed by atoms with Crippen LogP contribution in [0.25, 0.3) is 0 Å². The minimum absolute atomic E-state index is 0.0132. The lowest BCUT2D eigenvalue weighted by atomic mass is 9.89. The molecule has 4 rings (SSSR count). The second-order valence-corrected chi connectivity index (χ2v) is 8.46. The van der Waals surface area contributed by atoms with E-state index in [9.17, 15) is 18.0 Å². The van der Waals surface area contributed by atoms with E-state index in [4.69, 9.17) is 0 Å². The number of hydrogen-bond donors (Lipinski definition) is 1. The third kappa shape index (κ3) is 4.35. The molecule has 1 N–H and O–H groups in total. The molecule has 1 heterocycles. The second kappa shape index (κ2) is 8.34. The SMILES string of the molecule is Cc1ccc(N[C@H]2C[C@@H](C)N(C(=O)c3ccc(C(F)(F)F)cc3)c3ccc(C)cc32)cc1. The summed E-state index contributed by atoms with van der Waals surface area (Å²) >= 11 is 0. The zero-order valence-corrected chi connectivity index (χ0v) is 18.2. The van der Waals surface area contributed by atoms with E-state index in [2.05, 4.69) is 11.4 Å². The lowest BCUT2D eigenvalue weighted by Crippen LogP contribution is -2.44. The van der Waals surface area contributed by atoms with Crippen molar-refractivity contribution in [2.45, 2.75) is 45.5 Å². The van der Waals surface area contributed by atoms with Gasteiger partial charge in [-0.3, -0.25) is 4.79 Å². The first-order valence-corrected chi connectivity index (χ1v) is 10.6. The summed E-state index contributed by atoms with van der Waals surface area (Å²) in [5.41, 5.74) is 4.52. The van der Waals surface area contributed by atoms with Crippen molar-refractivity contribution in [3.05, 3.63) is 94.5 Å². The van der Waals surface area contributed by atoms with Crippen LogP contribution in [0.15, 0.2) is 66.7 Å². The molecule has 32 heavy (non-hydrogen) atoms. The summed E-state index contributed by atoms with van der Waals surface area (Å²) < 4.78 is 38.7. The fourth-order valence-corrected chi connectivity index (χ4v) is 4.22. The number of nitrogens with one attached hydrogen (secondary N) is 1. The molecule has 6 heteroatoms. The summed E-state index contributed by atoms with van der Waals surface area (Å²) in [7, 11) is 0. The summed E-state index contributed by atoms with van der Waals surface area (Å²) in [5.74, 6) is -0.301. The van der Waals surface area contributed by atoms with Gasteiger partial charge in [-0.25, -0.2) is 0 Å². The van der Waals surface area contributed by atoms with Gasteiger partial charge in [0.15, 0.2) is 0 Å². The minimum atomic E-state index is -4.43. The Kier molecular flexibility index (Phi) is 5.71. The molecule has 0 aliphatic carbocycles. The van der Waals surface area contributed by atoms with Crippen molar-refractivity contribution in [1.82, 2.24) is 0 Å². The second-order valence-electron chi connectivity index (χ2n) is 8.46. The van der Waals surface area contributed by atoms with Crippen molar-refractivity contribution in [2.75, 3.05) is 10.2 Å². The number of benzene rings is 3. The summed E-state index contributed by atoms with van der Waals surface area (Å²) in [6.45, 7) is 6.01. The van der Waals surface area contributed by atoms with Crippen LogP contribution in [0.5, 0.6) is 0 Å². The highest BCUT2D eigenvalue weighted by atomic mass is 19.4. The van der Waals surface area contributed by atoms with Gasteiger partial charge in [0, 0.05) is 23.0 Å². The first-order valence-electron chi connectivity index (χ1n) is 10.6. The molecule has 0 fully saturated rings. The maximum atomic E-state index is 13.3. The largest absolute Gasteiger partial charge is 0.416 e. The molecule has 0 spiro atoms. The summed E-state index contributed by atoms with van der Waals surface area (Å²) in [5, 5.41) is 3.58. The molecule has 1 aliphatic heterocycles. The number of nitrogens with zero attached hydrogens (tertiary/aromatic N) is 1. The smallest absolute Gasteiger partial charge is 0.378 e. The van der Waals surface area contributed by atoms with Crippen molar-refractivity contribution in [1.29, 1.82) is 0 Å². The number of hydrogen-bond acceptors (Lipinski definition) is 2. The molecule has 3 aromatic carbocycles. The molecular weight excluding hydrogens is 413 g/mol. The van der Waals surface area contributed by atoms with E-state index in [1.165, 1.54) is 17.7 Å². The van der Waals surface area contributed by atoms with Gasteiger partial charge in [0.05, 0.1) is 11.6 Å². The normalized spacial score (nSPS) is 18.2. The highest BCUT2D eigenvalue weighted by Gasteiger charge is 2.35. The van der Waals surface area contributed by atoms with Crippen LogP contribution in [0.3, 0.4) is 0 Å². The zero-order valence-electron chi connectivity index (χ0n) is 18.2. The number of carbonyl (C=O) groups is 1. The predicted molar refractivity (Wildman–Crippen MR) is 121 cm³/mol. The van der Waals surface area contributed by atoms with Crippen LogP contribution in [-0.2, 0) is 6.18 Å². The lowest BCUT2D eigenvalue weighted by Gasteiger charge is -2.40. The van der Waals surface area contributed by atoms with E-state index >= 15 is 0 Å². The fourth-order valence-electron chi connectivity index (χ4n) is 4.22. The highest BCUT2D eigenvalue weighted by Crippen LogP contribution is 2.40. The van der Waals surface area contributed by atoms with Gasteiger partial charge in [-0.1, -0.05) is 35.4 Å². The molecule has 0 saturated heterocycles. The number of fused-ring (bicyclic) bond motifs is 1. The van der Waals surface area contributed by atoms with Gasteiger partial charge in [-0.2, -0.15) is 13.2 Å². The maximum Gasteiger partial charge on any atom is 0.416 e. The van der Waals surface area contributed by atoms with Crippen molar-refractivity contribution >= 4 is 17.3 Å². The Labute approximate surface area is 185 Å². The van der Waals surface area contributed by atoms with Crippen molar-refractivity contribution in [3.8, 4) is 0 Å². The molecule has 2 atom stereocenters. The van der Waals surface area contributed by atoms with Crippen molar-refractivity contribution < 1.29 is 18.0 Å². The predicted octanol–water partition coefficient (Wildman–Crippen LogP) is 6.91. The molecular formula is C26H25F3N2O. The Hall–Kier alpha value is -3.28. The van der Waals surface area contributed by atoms with Crippen LogP contribution in [0, 0.1) is 13.8 Å². The number of carbonyl (C=O) groups excluding carboxylic acids is 1. The van der Waals surface area contributed by atoms with E-state index in [1.807, 2.05) is 57.2 Å². The van der Waals surface area contributed by atoms with E-state index < -0.39 is 11.7 Å². The third-order valence-electron chi connectivity index (χ3n) is 5.91. The number of halogens is 3. The molecule has 3 nitrogen and oxygen atoms in total. The molecule has 0 unspecified atom stereocenters. The van der Waals surface area contributed by atoms with E-state index in [-0.39, 0.29) is 23.6 Å². The number of aryl methyl sites for hydroxylation is 2. The van der Waals surface area contributed by atoms with E-state index in [0.29, 0.717) is 6.42 Å². The summed E-state index contributed by atoms with van der Waals surface area (Å²) in [4.78, 5) is 15.0. The highest BCUT2D eigenvalue weighted by molar-refractivity contribution is 6.07. The summed E-state index contributed by atoms with van der Waals surface area (Å²) in [6.07, 6.45) is -3.75. The number of anilines is 2. The first kappa shape index (κ1) is 21.9. The van der Waals surface area contributed by atoms with Crippen LogP contribution in [0.1, 0.15) is 52.0 Å². The van der Waals surface area contributed by atoms with E-state index in [0.717, 1.165) is 34.6 Å². The Morgan fingerprint density at radius 1 is 0.938 bits per heavy atom. The van der Waals surface area contributed by atoms with Gasteiger partial charge in [0.1, 0.15) is 0 Å². The quantitative estimate of drug-likeness (QED) is 0.482. The Morgan fingerprint density at radius 3 is 2.19 bits per heavy atom. The average molecular weight is 438 g/mol. The topological polar surface area (TPSA) is 32.3 Å². The van der Waals surface area contributed by atoms with Crippen molar-refractivity contribution in [3.63, 3.8) is 0 Å². The van der Waals surface area contributed by atoms with Gasteiger partial charge in [0.2, 0.25) is 0 Å². The molecule has 166 valence electrons. The van der Waals surface area contributed by atoms with Gasteiger partial charge >= 0.3 is 6.18 Å². The monoisotopic (exact) mass is 438 g/mol.